The molecule has 0 spiro atoms. The summed E-state index contributed by atoms with van der Waals surface area (Å²) in [7, 11) is 0. The number of aryl methyl sites for hydroxylation is 1. The Balaban J connectivity index is 2.45. The summed E-state index contributed by atoms with van der Waals surface area (Å²) in [6.07, 6.45) is 5.57. The highest BCUT2D eigenvalue weighted by Crippen LogP contribution is 2.23. The van der Waals surface area contributed by atoms with Crippen molar-refractivity contribution in [3.05, 3.63) is 59.4 Å². The molecule has 0 aliphatic heterocycles. The van der Waals surface area contributed by atoms with Crippen LogP contribution in [-0.2, 0) is 6.42 Å². The first-order valence-corrected chi connectivity index (χ1v) is 6.53. The second kappa shape index (κ2) is 6.38. The number of aromatic nitrogens is 2. The molecule has 1 N–H and O–H groups in total. The quantitative estimate of drug-likeness (QED) is 0.897. The summed E-state index contributed by atoms with van der Waals surface area (Å²) >= 11 is 0. The van der Waals surface area contributed by atoms with Gasteiger partial charge in [-0.2, -0.15) is 0 Å². The van der Waals surface area contributed by atoms with E-state index in [2.05, 4.69) is 28.3 Å². The third kappa shape index (κ3) is 3.15. The van der Waals surface area contributed by atoms with E-state index >= 15 is 0 Å². The molecule has 0 aliphatic carbocycles. The van der Waals surface area contributed by atoms with Crippen molar-refractivity contribution >= 4 is 0 Å². The van der Waals surface area contributed by atoms with E-state index < -0.39 is 0 Å². The fourth-order valence-corrected chi connectivity index (χ4v) is 2.17. The molecule has 1 unspecified atom stereocenters. The normalized spacial score (nSPS) is 12.4. The molecule has 0 bridgehead atoms. The zero-order valence-electron chi connectivity index (χ0n) is 11.2. The Kier molecular flexibility index (Phi) is 4.58. The highest BCUT2D eigenvalue weighted by atomic mass is 19.1. The van der Waals surface area contributed by atoms with Crippen molar-refractivity contribution in [1.82, 2.24) is 15.3 Å². The van der Waals surface area contributed by atoms with E-state index in [1.807, 2.05) is 13.0 Å². The molecular weight excluding hydrogens is 241 g/mol. The van der Waals surface area contributed by atoms with Crippen molar-refractivity contribution in [2.45, 2.75) is 26.3 Å². The zero-order valence-corrected chi connectivity index (χ0v) is 11.2. The summed E-state index contributed by atoms with van der Waals surface area (Å²) in [5.41, 5.74) is 2.91. The van der Waals surface area contributed by atoms with Crippen LogP contribution in [-0.4, -0.2) is 16.5 Å². The predicted molar refractivity (Wildman–Crippen MR) is 73.3 cm³/mol. The smallest absolute Gasteiger partial charge is 0.141 e. The number of hydrogen-bond donors (Lipinski definition) is 1. The number of pyridine rings is 2. The van der Waals surface area contributed by atoms with Crippen LogP contribution in [0.1, 0.15) is 36.7 Å². The van der Waals surface area contributed by atoms with Gasteiger partial charge < -0.3 is 5.32 Å². The standard InChI is InChI=1S/C15H18FN3/c1-3-11-6-5-7-19-14(11)15(18-4-2)12-8-13(16)10-17-9-12/h5-10,15,18H,3-4H2,1-2H3. The molecular formula is C15H18FN3. The van der Waals surface area contributed by atoms with Crippen LogP contribution in [0.25, 0.3) is 0 Å². The monoisotopic (exact) mass is 259 g/mol. The number of nitrogens with one attached hydrogen (secondary N) is 1. The summed E-state index contributed by atoms with van der Waals surface area (Å²) in [5, 5.41) is 3.35. The Bertz CT molecular complexity index is 542. The van der Waals surface area contributed by atoms with E-state index in [0.29, 0.717) is 0 Å². The average molecular weight is 259 g/mol. The number of rotatable bonds is 5. The lowest BCUT2D eigenvalue weighted by molar-refractivity contribution is 0.586. The second-order valence-electron chi connectivity index (χ2n) is 4.33. The van der Waals surface area contributed by atoms with Crippen LogP contribution in [0.5, 0.6) is 0 Å². The van der Waals surface area contributed by atoms with Crippen LogP contribution < -0.4 is 5.32 Å². The maximum absolute atomic E-state index is 13.4. The first kappa shape index (κ1) is 13.6. The van der Waals surface area contributed by atoms with E-state index in [9.17, 15) is 4.39 Å². The van der Waals surface area contributed by atoms with Crippen molar-refractivity contribution in [1.29, 1.82) is 0 Å². The van der Waals surface area contributed by atoms with Crippen molar-refractivity contribution in [2.24, 2.45) is 0 Å². The molecule has 0 saturated carbocycles. The highest BCUT2D eigenvalue weighted by Gasteiger charge is 2.18. The molecule has 0 amide bonds. The van der Waals surface area contributed by atoms with Gasteiger partial charge in [-0.25, -0.2) is 4.39 Å². The summed E-state index contributed by atoms with van der Waals surface area (Å²) < 4.78 is 13.4. The van der Waals surface area contributed by atoms with E-state index in [1.165, 1.54) is 12.3 Å². The van der Waals surface area contributed by atoms with E-state index in [-0.39, 0.29) is 11.9 Å². The van der Waals surface area contributed by atoms with E-state index in [1.54, 1.807) is 12.4 Å². The molecule has 2 aromatic heterocycles. The second-order valence-corrected chi connectivity index (χ2v) is 4.33. The van der Waals surface area contributed by atoms with Crippen LogP contribution in [0.15, 0.2) is 36.8 Å². The molecule has 0 aliphatic rings. The van der Waals surface area contributed by atoms with Gasteiger partial charge in [-0.15, -0.1) is 0 Å². The van der Waals surface area contributed by atoms with Crippen molar-refractivity contribution in [3.8, 4) is 0 Å². The van der Waals surface area contributed by atoms with Crippen LogP contribution in [0.4, 0.5) is 4.39 Å². The summed E-state index contributed by atoms with van der Waals surface area (Å²) in [4.78, 5) is 8.39. The van der Waals surface area contributed by atoms with Gasteiger partial charge in [0, 0.05) is 12.4 Å². The fraction of sp³-hybridized carbons (Fsp3) is 0.333. The van der Waals surface area contributed by atoms with Gasteiger partial charge in [0.25, 0.3) is 0 Å². The number of nitrogens with zero attached hydrogens (tertiary/aromatic N) is 2. The number of halogens is 1. The Labute approximate surface area is 112 Å². The lowest BCUT2D eigenvalue weighted by Gasteiger charge is -2.20. The molecule has 0 radical (unpaired) electrons. The molecule has 19 heavy (non-hydrogen) atoms. The summed E-state index contributed by atoms with van der Waals surface area (Å²) in [6.45, 7) is 4.89. The van der Waals surface area contributed by atoms with Crippen molar-refractivity contribution < 1.29 is 4.39 Å². The molecule has 2 rings (SSSR count). The predicted octanol–water partition coefficient (Wildman–Crippen LogP) is 2.88. The minimum Gasteiger partial charge on any atom is -0.305 e. The highest BCUT2D eigenvalue weighted by molar-refractivity contribution is 5.31. The zero-order chi connectivity index (χ0) is 13.7. The fourth-order valence-electron chi connectivity index (χ4n) is 2.17. The van der Waals surface area contributed by atoms with Gasteiger partial charge in [0.15, 0.2) is 0 Å². The molecule has 4 heteroatoms. The first-order valence-electron chi connectivity index (χ1n) is 6.53. The molecule has 0 saturated heterocycles. The van der Waals surface area contributed by atoms with Crippen LogP contribution in [0.3, 0.4) is 0 Å². The molecule has 0 aromatic carbocycles. The minimum atomic E-state index is -0.325. The molecule has 2 aromatic rings. The molecule has 0 fully saturated rings. The van der Waals surface area contributed by atoms with E-state index in [4.69, 9.17) is 0 Å². The number of hydrogen-bond acceptors (Lipinski definition) is 3. The Morgan fingerprint density at radius 3 is 2.84 bits per heavy atom. The third-order valence-corrected chi connectivity index (χ3v) is 3.05. The summed E-state index contributed by atoms with van der Waals surface area (Å²) in [6, 6.07) is 5.37. The maximum atomic E-state index is 13.4. The van der Waals surface area contributed by atoms with Gasteiger partial charge in [0.1, 0.15) is 5.82 Å². The topological polar surface area (TPSA) is 37.8 Å². The Morgan fingerprint density at radius 1 is 1.32 bits per heavy atom. The largest absolute Gasteiger partial charge is 0.305 e. The Morgan fingerprint density at radius 2 is 2.16 bits per heavy atom. The summed E-state index contributed by atoms with van der Waals surface area (Å²) in [5.74, 6) is -0.325. The van der Waals surface area contributed by atoms with E-state index in [0.717, 1.165) is 29.8 Å². The van der Waals surface area contributed by atoms with Crippen LogP contribution >= 0.6 is 0 Å². The van der Waals surface area contributed by atoms with Crippen molar-refractivity contribution in [2.75, 3.05) is 6.54 Å². The molecule has 3 nitrogen and oxygen atoms in total. The Hall–Kier alpha value is -1.81. The SMILES string of the molecule is CCNC(c1cncc(F)c1)c1ncccc1CC. The van der Waals surface area contributed by atoms with Crippen LogP contribution in [0.2, 0.25) is 0 Å². The van der Waals surface area contributed by atoms with Gasteiger partial charge in [-0.3, -0.25) is 9.97 Å². The van der Waals surface area contributed by atoms with Gasteiger partial charge in [0.2, 0.25) is 0 Å². The van der Waals surface area contributed by atoms with Crippen molar-refractivity contribution in [3.63, 3.8) is 0 Å². The first-order chi connectivity index (χ1) is 9.26. The molecule has 2 heterocycles. The molecule has 100 valence electrons. The lowest BCUT2D eigenvalue weighted by atomic mass is 9.99. The van der Waals surface area contributed by atoms with Gasteiger partial charge in [-0.1, -0.05) is 19.9 Å². The van der Waals surface area contributed by atoms with Gasteiger partial charge in [-0.05, 0) is 36.2 Å². The average Bonchev–Trinajstić information content (AvgIpc) is 2.45. The maximum Gasteiger partial charge on any atom is 0.141 e. The van der Waals surface area contributed by atoms with Gasteiger partial charge in [0.05, 0.1) is 17.9 Å². The third-order valence-electron chi connectivity index (χ3n) is 3.05. The molecule has 1 atom stereocenters. The minimum absolute atomic E-state index is 0.121. The van der Waals surface area contributed by atoms with Gasteiger partial charge >= 0.3 is 0 Å². The lowest BCUT2D eigenvalue weighted by Crippen LogP contribution is -2.24. The van der Waals surface area contributed by atoms with Crippen LogP contribution in [0, 0.1) is 5.82 Å².